The second-order valence-electron chi connectivity index (χ2n) is 1.51. The predicted molar refractivity (Wildman–Crippen MR) is 33.8 cm³/mol. The highest BCUT2D eigenvalue weighted by Crippen LogP contribution is 1.85. The van der Waals surface area contributed by atoms with Crippen LogP contribution >= 0.6 is 0 Å². The summed E-state index contributed by atoms with van der Waals surface area (Å²) in [5.74, 6) is 0. The van der Waals surface area contributed by atoms with Gasteiger partial charge in [-0.05, 0) is 0 Å². The Bertz CT molecular complexity index is 160. The van der Waals surface area contributed by atoms with E-state index in [2.05, 4.69) is 14.0 Å². The minimum absolute atomic E-state index is 0.0212. The van der Waals surface area contributed by atoms with Gasteiger partial charge in [0.1, 0.15) is 6.61 Å². The van der Waals surface area contributed by atoms with Gasteiger partial charge < -0.3 is 0 Å². The van der Waals surface area contributed by atoms with Gasteiger partial charge in [-0.1, -0.05) is 0 Å². The van der Waals surface area contributed by atoms with Crippen molar-refractivity contribution in [3.05, 3.63) is 0 Å². The molecule has 6 heteroatoms. The summed E-state index contributed by atoms with van der Waals surface area (Å²) in [6.07, 6.45) is 0.972. The first-order valence-electron chi connectivity index (χ1n) is 2.56. The van der Waals surface area contributed by atoms with Crippen molar-refractivity contribution >= 4 is 10.1 Å². The fourth-order valence-corrected chi connectivity index (χ4v) is 0.674. The van der Waals surface area contributed by atoms with Gasteiger partial charge in [0.2, 0.25) is 0 Å². The highest BCUT2D eigenvalue weighted by Gasteiger charge is 1.99. The molecule has 0 aromatic carbocycles. The average Bonchev–Trinajstić information content (AvgIpc) is 1.78. The first-order valence-corrected chi connectivity index (χ1v) is 4.38. The van der Waals surface area contributed by atoms with Crippen LogP contribution in [0.25, 0.3) is 0 Å². The van der Waals surface area contributed by atoms with Crippen molar-refractivity contribution in [3.63, 3.8) is 0 Å². The van der Waals surface area contributed by atoms with Crippen LogP contribution in [0.3, 0.4) is 0 Å². The second kappa shape index (κ2) is 4.62. The summed E-state index contributed by atoms with van der Waals surface area (Å²) in [5.41, 5.74) is 0. The van der Waals surface area contributed by atoms with Gasteiger partial charge in [-0.15, -0.1) is 0 Å². The third-order valence-corrected chi connectivity index (χ3v) is 1.18. The molecule has 10 heavy (non-hydrogen) atoms. The minimum Gasteiger partial charge on any atom is -0.268 e. The van der Waals surface area contributed by atoms with E-state index in [1.165, 1.54) is 7.11 Å². The lowest BCUT2D eigenvalue weighted by molar-refractivity contribution is -0.274. The minimum atomic E-state index is -3.34. The van der Waals surface area contributed by atoms with Gasteiger partial charge in [0.05, 0.1) is 20.0 Å². The summed E-state index contributed by atoms with van der Waals surface area (Å²) in [6.45, 7) is 0.0796. The van der Waals surface area contributed by atoms with Gasteiger partial charge in [0.25, 0.3) is 10.1 Å². The predicted octanol–water partition coefficient (Wildman–Crippen LogP) is -0.459. The molecule has 0 N–H and O–H groups in total. The quantitative estimate of drug-likeness (QED) is 0.242. The molecule has 0 spiro atoms. The van der Waals surface area contributed by atoms with Gasteiger partial charge >= 0.3 is 0 Å². The molecule has 0 unspecified atom stereocenters. The van der Waals surface area contributed by atoms with Crippen LogP contribution in [-0.4, -0.2) is 35.0 Å². The molecule has 0 aromatic heterocycles. The van der Waals surface area contributed by atoms with Crippen molar-refractivity contribution in [1.29, 1.82) is 0 Å². The fraction of sp³-hybridized carbons (Fsp3) is 1.00. The molecule has 0 aliphatic carbocycles. The van der Waals surface area contributed by atoms with Crippen LogP contribution in [0.2, 0.25) is 0 Å². The van der Waals surface area contributed by atoms with Crippen LogP contribution in [0.4, 0.5) is 0 Å². The molecule has 0 saturated heterocycles. The van der Waals surface area contributed by atoms with Crippen molar-refractivity contribution < 1.29 is 22.4 Å². The van der Waals surface area contributed by atoms with E-state index < -0.39 is 10.1 Å². The highest BCUT2D eigenvalue weighted by molar-refractivity contribution is 7.85. The van der Waals surface area contributed by atoms with E-state index in [1.54, 1.807) is 0 Å². The van der Waals surface area contributed by atoms with Gasteiger partial charge in [-0.2, -0.15) is 8.42 Å². The van der Waals surface area contributed by atoms with Crippen molar-refractivity contribution in [2.24, 2.45) is 0 Å². The Kier molecular flexibility index (Phi) is 4.54. The topological polar surface area (TPSA) is 61.8 Å². The van der Waals surface area contributed by atoms with Crippen LogP contribution in [0.5, 0.6) is 0 Å². The Hall–Kier alpha value is -0.170. The first kappa shape index (κ1) is 9.83. The van der Waals surface area contributed by atoms with Crippen LogP contribution < -0.4 is 0 Å². The van der Waals surface area contributed by atoms with E-state index in [4.69, 9.17) is 0 Å². The normalized spacial score (nSPS) is 11.8. The SMILES string of the molecule is COOCCOS(C)(=O)=O. The molecule has 0 rings (SSSR count). The van der Waals surface area contributed by atoms with Crippen molar-refractivity contribution in [2.75, 3.05) is 26.6 Å². The summed E-state index contributed by atoms with van der Waals surface area (Å²) < 4.78 is 24.9. The lowest BCUT2D eigenvalue weighted by Gasteiger charge is -1.99. The lowest BCUT2D eigenvalue weighted by Crippen LogP contribution is -2.08. The second-order valence-corrected chi connectivity index (χ2v) is 3.16. The maximum atomic E-state index is 10.3. The van der Waals surface area contributed by atoms with E-state index in [0.29, 0.717) is 0 Å². The van der Waals surface area contributed by atoms with E-state index in [-0.39, 0.29) is 13.2 Å². The lowest BCUT2D eigenvalue weighted by atomic mass is 10.8. The van der Waals surface area contributed by atoms with E-state index >= 15 is 0 Å². The number of rotatable bonds is 5. The summed E-state index contributed by atoms with van der Waals surface area (Å²) in [7, 11) is -2.01. The smallest absolute Gasteiger partial charge is 0.264 e. The molecule has 0 radical (unpaired) electrons. The molecule has 62 valence electrons. The maximum absolute atomic E-state index is 10.3. The molecule has 0 saturated carbocycles. The van der Waals surface area contributed by atoms with Gasteiger partial charge in [0.15, 0.2) is 0 Å². The Balaban J connectivity index is 3.21. The summed E-state index contributed by atoms with van der Waals surface area (Å²) in [4.78, 5) is 8.52. The van der Waals surface area contributed by atoms with Crippen LogP contribution in [-0.2, 0) is 24.1 Å². The van der Waals surface area contributed by atoms with Crippen molar-refractivity contribution in [3.8, 4) is 0 Å². The summed E-state index contributed by atoms with van der Waals surface area (Å²) >= 11 is 0. The van der Waals surface area contributed by atoms with Crippen LogP contribution in [0, 0.1) is 0 Å². The Morgan fingerprint density at radius 2 is 1.90 bits per heavy atom. The maximum Gasteiger partial charge on any atom is 0.264 e. The Morgan fingerprint density at radius 3 is 2.30 bits per heavy atom. The summed E-state index contributed by atoms with van der Waals surface area (Å²) in [6, 6.07) is 0. The molecule has 0 bridgehead atoms. The molecular formula is C4H10O5S. The van der Waals surface area contributed by atoms with E-state index in [9.17, 15) is 8.42 Å². The Labute approximate surface area is 59.9 Å². The molecule has 0 fully saturated rings. The molecular weight excluding hydrogens is 160 g/mol. The summed E-state index contributed by atoms with van der Waals surface area (Å²) in [5, 5.41) is 0. The molecule has 0 aliphatic heterocycles. The molecule has 0 atom stereocenters. The van der Waals surface area contributed by atoms with E-state index in [0.717, 1.165) is 6.26 Å². The first-order chi connectivity index (χ1) is 4.56. The average molecular weight is 170 g/mol. The zero-order valence-electron chi connectivity index (χ0n) is 5.86. The van der Waals surface area contributed by atoms with Crippen LogP contribution in [0.15, 0.2) is 0 Å². The fourth-order valence-electron chi connectivity index (χ4n) is 0.303. The van der Waals surface area contributed by atoms with Gasteiger partial charge in [-0.25, -0.2) is 9.78 Å². The molecule has 0 heterocycles. The number of hydrogen-bond acceptors (Lipinski definition) is 5. The largest absolute Gasteiger partial charge is 0.268 e. The Morgan fingerprint density at radius 1 is 1.30 bits per heavy atom. The van der Waals surface area contributed by atoms with Gasteiger partial charge in [0, 0.05) is 0 Å². The monoisotopic (exact) mass is 170 g/mol. The van der Waals surface area contributed by atoms with E-state index in [1.807, 2.05) is 0 Å². The molecule has 0 aromatic rings. The molecule has 5 nitrogen and oxygen atoms in total. The zero-order valence-corrected chi connectivity index (χ0v) is 6.68. The third kappa shape index (κ3) is 7.83. The molecule has 0 amide bonds. The third-order valence-electron chi connectivity index (χ3n) is 0.582. The van der Waals surface area contributed by atoms with Crippen molar-refractivity contribution in [1.82, 2.24) is 0 Å². The number of hydrogen-bond donors (Lipinski definition) is 0. The van der Waals surface area contributed by atoms with Gasteiger partial charge in [-0.3, -0.25) is 4.18 Å². The molecule has 0 aliphatic rings. The zero-order chi connectivity index (χ0) is 8.04. The standard InChI is InChI=1S/C4H10O5S/c1-7-8-3-4-9-10(2,5)6/h3-4H2,1-2H3. The highest BCUT2D eigenvalue weighted by atomic mass is 32.2. The van der Waals surface area contributed by atoms with Crippen molar-refractivity contribution in [2.45, 2.75) is 0 Å². The van der Waals surface area contributed by atoms with Crippen LogP contribution in [0.1, 0.15) is 0 Å².